The van der Waals surface area contributed by atoms with E-state index in [1.165, 1.54) is 0 Å². The van der Waals surface area contributed by atoms with E-state index >= 15 is 0 Å². The van der Waals surface area contributed by atoms with Crippen LogP contribution in [0, 0.1) is 24.0 Å². The molecule has 0 fully saturated rings. The fourth-order valence-corrected chi connectivity index (χ4v) is 2.60. The highest BCUT2D eigenvalue weighted by molar-refractivity contribution is 5.77. The smallest absolute Gasteiger partial charge is 0.311 e. The van der Waals surface area contributed by atoms with Gasteiger partial charge in [0.25, 0.3) is 0 Å². The summed E-state index contributed by atoms with van der Waals surface area (Å²) in [6.45, 7) is 3.62. The van der Waals surface area contributed by atoms with Crippen molar-refractivity contribution in [3.63, 3.8) is 0 Å². The minimum absolute atomic E-state index is 0.0906. The van der Waals surface area contributed by atoms with Gasteiger partial charge in [-0.3, -0.25) is 14.9 Å². The van der Waals surface area contributed by atoms with Crippen LogP contribution in [-0.4, -0.2) is 26.2 Å². The summed E-state index contributed by atoms with van der Waals surface area (Å²) in [4.78, 5) is 21.8. The zero-order chi connectivity index (χ0) is 18.0. The molecular weight excluding hydrogens is 314 g/mol. The summed E-state index contributed by atoms with van der Waals surface area (Å²) < 4.78 is 0. The van der Waals surface area contributed by atoms with Gasteiger partial charge in [0.2, 0.25) is 0 Å². The Bertz CT molecular complexity index is 815. The van der Waals surface area contributed by atoms with Crippen LogP contribution in [0.1, 0.15) is 28.2 Å². The molecule has 3 N–H and O–H groups in total. The van der Waals surface area contributed by atoms with Crippen LogP contribution in [-0.2, 0) is 11.2 Å². The molecule has 7 heteroatoms. The second kappa shape index (κ2) is 6.57. The first kappa shape index (κ1) is 17.3. The zero-order valence-electron chi connectivity index (χ0n) is 13.2. The highest BCUT2D eigenvalue weighted by Gasteiger charge is 2.26. The highest BCUT2D eigenvalue weighted by atomic mass is 16.6. The van der Waals surface area contributed by atoms with Crippen LogP contribution in [0.2, 0.25) is 0 Å². The zero-order valence-corrected chi connectivity index (χ0v) is 13.2. The minimum Gasteiger partial charge on any atom is -0.508 e. The Hall–Kier alpha value is -3.09. The Morgan fingerprint density at radius 2 is 1.83 bits per heavy atom. The Labute approximate surface area is 138 Å². The number of benzene rings is 2. The molecule has 126 valence electrons. The topological polar surface area (TPSA) is 121 Å². The molecule has 0 saturated heterocycles. The molecule has 0 amide bonds. The van der Waals surface area contributed by atoms with E-state index in [2.05, 4.69) is 0 Å². The van der Waals surface area contributed by atoms with E-state index in [9.17, 15) is 30.2 Å². The Kier molecular flexibility index (Phi) is 4.73. The minimum atomic E-state index is -1.10. The van der Waals surface area contributed by atoms with Crippen molar-refractivity contribution in [2.24, 2.45) is 0 Å². The van der Waals surface area contributed by atoms with Crippen molar-refractivity contribution < 1.29 is 25.0 Å². The van der Waals surface area contributed by atoms with Gasteiger partial charge in [-0.15, -0.1) is 0 Å². The molecule has 1 atom stereocenters. The average molecular weight is 331 g/mol. The Morgan fingerprint density at radius 3 is 2.42 bits per heavy atom. The van der Waals surface area contributed by atoms with Crippen molar-refractivity contribution in [3.05, 3.63) is 62.7 Å². The maximum atomic E-state index is 11.7. The molecule has 0 aliphatic carbocycles. The van der Waals surface area contributed by atoms with Crippen LogP contribution < -0.4 is 0 Å². The molecule has 0 aliphatic rings. The van der Waals surface area contributed by atoms with E-state index in [1.807, 2.05) is 13.0 Å². The summed E-state index contributed by atoms with van der Waals surface area (Å²) >= 11 is 0. The predicted octanol–water partition coefficient (Wildman–Crippen LogP) is 3.03. The molecule has 0 saturated carbocycles. The van der Waals surface area contributed by atoms with Crippen LogP contribution >= 0.6 is 0 Å². The summed E-state index contributed by atoms with van der Waals surface area (Å²) in [6.07, 6.45) is -0.132. The summed E-state index contributed by atoms with van der Waals surface area (Å²) in [6, 6.07) is 7.28. The van der Waals surface area contributed by atoms with Gasteiger partial charge in [-0.25, -0.2) is 0 Å². The summed E-state index contributed by atoms with van der Waals surface area (Å²) in [5.41, 5.74) is 1.77. The van der Waals surface area contributed by atoms with Crippen molar-refractivity contribution in [2.75, 3.05) is 0 Å². The van der Waals surface area contributed by atoms with Crippen molar-refractivity contribution in [3.8, 4) is 11.5 Å². The van der Waals surface area contributed by atoms with Gasteiger partial charge in [-0.2, -0.15) is 0 Å². The third kappa shape index (κ3) is 3.45. The lowest BCUT2D eigenvalue weighted by atomic mass is 9.88. The van der Waals surface area contributed by atoms with Gasteiger partial charge in [0, 0.05) is 17.7 Å². The molecule has 0 spiro atoms. The van der Waals surface area contributed by atoms with E-state index in [1.54, 1.807) is 19.1 Å². The third-order valence-corrected chi connectivity index (χ3v) is 3.90. The summed E-state index contributed by atoms with van der Waals surface area (Å²) in [5.74, 6) is -3.12. The summed E-state index contributed by atoms with van der Waals surface area (Å²) in [7, 11) is 0. The van der Waals surface area contributed by atoms with E-state index < -0.39 is 28.2 Å². The lowest BCUT2D eigenvalue weighted by Gasteiger charge is -2.17. The second-order valence-electron chi connectivity index (χ2n) is 5.68. The molecule has 2 aromatic rings. The Morgan fingerprint density at radius 1 is 1.17 bits per heavy atom. The third-order valence-electron chi connectivity index (χ3n) is 3.90. The molecule has 0 radical (unpaired) electrons. The number of phenolic OH excluding ortho intramolecular Hbond substituents is 2. The van der Waals surface area contributed by atoms with Crippen molar-refractivity contribution in [1.29, 1.82) is 0 Å². The number of phenols is 2. The molecule has 1 unspecified atom stereocenters. The number of hydrogen-bond donors (Lipinski definition) is 3. The van der Waals surface area contributed by atoms with E-state index in [4.69, 9.17) is 0 Å². The lowest BCUT2D eigenvalue weighted by Crippen LogP contribution is -2.16. The van der Waals surface area contributed by atoms with E-state index in [0.717, 1.165) is 23.3 Å². The standard InChI is InChI=1S/C17H17NO6/c1-9-3-4-10(2)12(5-9)13(17(21)22)6-11-7-14(18(23)24)16(20)8-15(11)19/h3-5,7-8,13,19-20H,6H2,1-2H3,(H,21,22). The van der Waals surface area contributed by atoms with E-state index in [-0.39, 0.29) is 17.7 Å². The van der Waals surface area contributed by atoms with Crippen LogP contribution in [0.15, 0.2) is 30.3 Å². The number of aromatic hydroxyl groups is 2. The maximum Gasteiger partial charge on any atom is 0.311 e. The fourth-order valence-electron chi connectivity index (χ4n) is 2.60. The fraction of sp³-hybridized carbons (Fsp3) is 0.235. The van der Waals surface area contributed by atoms with Crippen LogP contribution in [0.25, 0.3) is 0 Å². The molecule has 0 aliphatic heterocycles. The number of nitro groups is 1. The normalized spacial score (nSPS) is 11.9. The molecule has 7 nitrogen and oxygen atoms in total. The average Bonchev–Trinajstić information content (AvgIpc) is 2.48. The second-order valence-corrected chi connectivity index (χ2v) is 5.68. The first-order valence-corrected chi connectivity index (χ1v) is 7.20. The number of carbonyl (C=O) groups is 1. The van der Waals surface area contributed by atoms with Crippen molar-refractivity contribution >= 4 is 11.7 Å². The maximum absolute atomic E-state index is 11.7. The first-order valence-electron chi connectivity index (χ1n) is 7.20. The van der Waals surface area contributed by atoms with Crippen LogP contribution in [0.3, 0.4) is 0 Å². The van der Waals surface area contributed by atoms with E-state index in [0.29, 0.717) is 5.56 Å². The predicted molar refractivity (Wildman–Crippen MR) is 86.4 cm³/mol. The number of carboxylic acids is 1. The van der Waals surface area contributed by atoms with Gasteiger partial charge < -0.3 is 15.3 Å². The molecule has 2 aromatic carbocycles. The number of rotatable bonds is 5. The number of nitro benzene ring substituents is 1. The van der Waals surface area contributed by atoms with Gasteiger partial charge in [-0.1, -0.05) is 23.8 Å². The monoisotopic (exact) mass is 331 g/mol. The Balaban J connectivity index is 2.49. The number of hydrogen-bond acceptors (Lipinski definition) is 5. The largest absolute Gasteiger partial charge is 0.508 e. The highest BCUT2D eigenvalue weighted by Crippen LogP contribution is 2.36. The number of aryl methyl sites for hydroxylation is 2. The van der Waals surface area contributed by atoms with Gasteiger partial charge in [0.15, 0.2) is 5.75 Å². The van der Waals surface area contributed by atoms with Crippen LogP contribution in [0.5, 0.6) is 11.5 Å². The van der Waals surface area contributed by atoms with Gasteiger partial charge in [0.1, 0.15) is 5.75 Å². The van der Waals surface area contributed by atoms with Gasteiger partial charge in [0.05, 0.1) is 10.8 Å². The molecule has 0 aromatic heterocycles. The molecule has 0 heterocycles. The number of carboxylic acid groups (broad SMARTS) is 1. The van der Waals surface area contributed by atoms with Gasteiger partial charge in [-0.05, 0) is 31.4 Å². The summed E-state index contributed by atoms with van der Waals surface area (Å²) in [5, 5.41) is 39.9. The van der Waals surface area contributed by atoms with Crippen LogP contribution in [0.4, 0.5) is 5.69 Å². The van der Waals surface area contributed by atoms with Crippen molar-refractivity contribution in [2.45, 2.75) is 26.2 Å². The molecule has 24 heavy (non-hydrogen) atoms. The number of aliphatic carboxylic acids is 1. The SMILES string of the molecule is Cc1ccc(C)c(C(Cc2cc([N+](=O)[O-])c(O)cc2O)C(=O)O)c1. The van der Waals surface area contributed by atoms with Gasteiger partial charge >= 0.3 is 11.7 Å². The quantitative estimate of drug-likeness (QED) is 0.572. The first-order chi connectivity index (χ1) is 11.2. The van der Waals surface area contributed by atoms with Crippen molar-refractivity contribution in [1.82, 2.24) is 0 Å². The number of nitrogens with zero attached hydrogens (tertiary/aromatic N) is 1. The molecule has 0 bridgehead atoms. The molecule has 2 rings (SSSR count). The molecular formula is C17H17NO6. The lowest BCUT2D eigenvalue weighted by molar-refractivity contribution is -0.385.